The third kappa shape index (κ3) is 7.97. The van der Waals surface area contributed by atoms with E-state index in [2.05, 4.69) is 5.32 Å². The van der Waals surface area contributed by atoms with Crippen LogP contribution in [-0.4, -0.2) is 48.5 Å². The van der Waals surface area contributed by atoms with Crippen molar-refractivity contribution in [2.75, 3.05) is 32.1 Å². The third-order valence-corrected chi connectivity index (χ3v) is 6.12. The Hall–Kier alpha value is -3.23. The number of carbonyl (C=O) groups is 2. The minimum Gasteiger partial charge on any atom is -0.385 e. The number of methoxy groups -OCH3 is 1. The fourth-order valence-electron chi connectivity index (χ4n) is 3.39. The number of urea groups is 1. The van der Waals surface area contributed by atoms with Crippen molar-refractivity contribution in [1.29, 1.82) is 0 Å². The Labute approximate surface area is 204 Å². The number of ether oxygens (including phenoxy) is 1. The number of benzene rings is 2. The van der Waals surface area contributed by atoms with Gasteiger partial charge >= 0.3 is 6.03 Å². The quantitative estimate of drug-likeness (QED) is 0.377. The Morgan fingerprint density at radius 2 is 1.74 bits per heavy atom. The second kappa shape index (κ2) is 12.9. The predicted molar refractivity (Wildman–Crippen MR) is 133 cm³/mol. The van der Waals surface area contributed by atoms with Crippen LogP contribution in [-0.2, 0) is 22.6 Å². The second-order valence-corrected chi connectivity index (χ2v) is 9.05. The van der Waals surface area contributed by atoms with E-state index in [1.807, 2.05) is 48.7 Å². The zero-order valence-electron chi connectivity index (χ0n) is 19.5. The van der Waals surface area contributed by atoms with Crippen molar-refractivity contribution in [3.05, 3.63) is 87.9 Å². The summed E-state index contributed by atoms with van der Waals surface area (Å²) in [6, 6.07) is 17.2. The molecule has 2 aromatic carbocycles. The van der Waals surface area contributed by atoms with E-state index in [-0.39, 0.29) is 24.3 Å². The van der Waals surface area contributed by atoms with Crippen LogP contribution >= 0.6 is 11.3 Å². The van der Waals surface area contributed by atoms with Crippen molar-refractivity contribution >= 4 is 29.0 Å². The lowest BCUT2D eigenvalue weighted by Crippen LogP contribution is -2.44. The Morgan fingerprint density at radius 3 is 2.38 bits per heavy atom. The van der Waals surface area contributed by atoms with Crippen LogP contribution in [0.15, 0.2) is 66.0 Å². The molecule has 34 heavy (non-hydrogen) atoms. The van der Waals surface area contributed by atoms with Crippen LogP contribution in [0.2, 0.25) is 0 Å². The topological polar surface area (TPSA) is 61.9 Å². The summed E-state index contributed by atoms with van der Waals surface area (Å²) >= 11 is 1.56. The van der Waals surface area contributed by atoms with Gasteiger partial charge in [-0.2, -0.15) is 0 Å². The zero-order chi connectivity index (χ0) is 24.3. The van der Waals surface area contributed by atoms with Crippen LogP contribution in [0.4, 0.5) is 14.9 Å². The number of nitrogens with zero attached hydrogens (tertiary/aromatic N) is 2. The molecule has 0 atom stereocenters. The number of hydrogen-bond acceptors (Lipinski definition) is 4. The van der Waals surface area contributed by atoms with Gasteiger partial charge in [-0.05, 0) is 54.6 Å². The molecule has 0 aliphatic carbocycles. The number of hydrogen-bond donors (Lipinski definition) is 1. The molecule has 0 bridgehead atoms. The predicted octanol–water partition coefficient (Wildman–Crippen LogP) is 5.30. The monoisotopic (exact) mass is 483 g/mol. The van der Waals surface area contributed by atoms with E-state index in [1.165, 1.54) is 17.0 Å². The van der Waals surface area contributed by atoms with Gasteiger partial charge in [0.05, 0.1) is 6.54 Å². The molecule has 8 heteroatoms. The number of amides is 3. The van der Waals surface area contributed by atoms with Crippen molar-refractivity contribution in [2.24, 2.45) is 0 Å². The van der Waals surface area contributed by atoms with Crippen LogP contribution < -0.4 is 5.32 Å². The summed E-state index contributed by atoms with van der Waals surface area (Å²) in [6.07, 6.45) is 0.605. The van der Waals surface area contributed by atoms with Crippen LogP contribution in [0.5, 0.6) is 0 Å². The molecule has 1 aromatic heterocycles. The number of aryl methyl sites for hydroxylation is 1. The first-order valence-electron chi connectivity index (χ1n) is 11.1. The molecule has 0 radical (unpaired) electrons. The van der Waals surface area contributed by atoms with E-state index in [0.717, 1.165) is 16.0 Å². The van der Waals surface area contributed by atoms with Gasteiger partial charge in [0.1, 0.15) is 12.4 Å². The van der Waals surface area contributed by atoms with Gasteiger partial charge in [-0.15, -0.1) is 11.3 Å². The highest BCUT2D eigenvalue weighted by molar-refractivity contribution is 7.09. The number of anilines is 1. The van der Waals surface area contributed by atoms with Gasteiger partial charge in [0.2, 0.25) is 5.91 Å². The first-order chi connectivity index (χ1) is 16.4. The maximum atomic E-state index is 13.4. The number of thiophene rings is 1. The van der Waals surface area contributed by atoms with Crippen LogP contribution in [0.3, 0.4) is 0 Å². The summed E-state index contributed by atoms with van der Waals surface area (Å²) in [6.45, 7) is 3.50. The lowest BCUT2D eigenvalue weighted by atomic mass is 10.2. The maximum Gasteiger partial charge on any atom is 0.322 e. The summed E-state index contributed by atoms with van der Waals surface area (Å²) in [5.74, 6) is -0.508. The smallest absolute Gasteiger partial charge is 0.322 e. The standard InChI is InChI=1S/C26H30FN3O3S/c1-20-6-12-23(13-7-20)28-26(32)29(14-4-15-33-2)19-25(31)30(18-24-5-3-16-34-24)17-21-8-10-22(27)11-9-21/h3,5-13,16H,4,14-15,17-19H2,1-2H3,(H,28,32). The van der Waals surface area contributed by atoms with E-state index >= 15 is 0 Å². The molecule has 1 heterocycles. The van der Waals surface area contributed by atoms with Crippen LogP contribution in [0, 0.1) is 12.7 Å². The molecule has 6 nitrogen and oxygen atoms in total. The van der Waals surface area contributed by atoms with Crippen LogP contribution in [0.1, 0.15) is 22.4 Å². The maximum absolute atomic E-state index is 13.4. The molecular formula is C26H30FN3O3S. The van der Waals surface area contributed by atoms with Crippen molar-refractivity contribution in [3.8, 4) is 0 Å². The van der Waals surface area contributed by atoms with E-state index in [4.69, 9.17) is 4.74 Å². The van der Waals surface area contributed by atoms with Gasteiger partial charge in [-0.3, -0.25) is 4.79 Å². The minimum atomic E-state index is -0.342. The third-order valence-electron chi connectivity index (χ3n) is 5.26. The molecule has 0 aliphatic rings. The minimum absolute atomic E-state index is 0.0754. The molecular weight excluding hydrogens is 453 g/mol. The summed E-state index contributed by atoms with van der Waals surface area (Å²) in [5.41, 5.74) is 2.58. The van der Waals surface area contributed by atoms with Gasteiger partial charge in [0.25, 0.3) is 0 Å². The molecule has 0 unspecified atom stereocenters. The van der Waals surface area contributed by atoms with Crippen molar-refractivity contribution in [1.82, 2.24) is 9.80 Å². The molecule has 3 rings (SSSR count). The SMILES string of the molecule is COCCCN(CC(=O)N(Cc1ccc(F)cc1)Cc1cccs1)C(=O)Nc1ccc(C)cc1. The average Bonchev–Trinajstić information content (AvgIpc) is 3.34. The summed E-state index contributed by atoms with van der Waals surface area (Å²) in [7, 11) is 1.60. The second-order valence-electron chi connectivity index (χ2n) is 8.02. The Morgan fingerprint density at radius 1 is 1.00 bits per heavy atom. The zero-order valence-corrected chi connectivity index (χ0v) is 20.3. The molecule has 3 amide bonds. The molecule has 3 aromatic rings. The van der Waals surface area contributed by atoms with Gasteiger partial charge in [0.15, 0.2) is 0 Å². The molecule has 0 aliphatic heterocycles. The van der Waals surface area contributed by atoms with Crippen LogP contribution in [0.25, 0.3) is 0 Å². The molecule has 0 spiro atoms. The van der Waals surface area contributed by atoms with E-state index in [1.54, 1.807) is 35.5 Å². The highest BCUT2D eigenvalue weighted by Gasteiger charge is 2.22. The molecule has 0 saturated heterocycles. The lowest BCUT2D eigenvalue weighted by Gasteiger charge is -2.28. The average molecular weight is 484 g/mol. The fourth-order valence-corrected chi connectivity index (χ4v) is 4.11. The molecule has 0 fully saturated rings. The van der Waals surface area contributed by atoms with Gasteiger partial charge in [-0.1, -0.05) is 35.9 Å². The number of carbonyl (C=O) groups excluding carboxylic acids is 2. The molecule has 0 saturated carbocycles. The summed E-state index contributed by atoms with van der Waals surface area (Å²) < 4.78 is 18.5. The first kappa shape index (κ1) is 25.4. The number of halogens is 1. The Balaban J connectivity index is 1.74. The van der Waals surface area contributed by atoms with Gasteiger partial charge in [-0.25, -0.2) is 9.18 Å². The lowest BCUT2D eigenvalue weighted by molar-refractivity contribution is -0.133. The van der Waals surface area contributed by atoms with Crippen molar-refractivity contribution in [2.45, 2.75) is 26.4 Å². The molecule has 180 valence electrons. The summed E-state index contributed by atoms with van der Waals surface area (Å²) in [4.78, 5) is 30.7. The van der Waals surface area contributed by atoms with Gasteiger partial charge < -0.3 is 19.9 Å². The van der Waals surface area contributed by atoms with E-state index in [0.29, 0.717) is 38.3 Å². The summed E-state index contributed by atoms with van der Waals surface area (Å²) in [5, 5.41) is 4.84. The largest absolute Gasteiger partial charge is 0.385 e. The normalized spacial score (nSPS) is 10.7. The molecule has 1 N–H and O–H groups in total. The highest BCUT2D eigenvalue weighted by Crippen LogP contribution is 2.16. The van der Waals surface area contributed by atoms with Gasteiger partial charge in [0, 0.05) is 37.4 Å². The first-order valence-corrected chi connectivity index (χ1v) is 12.0. The van der Waals surface area contributed by atoms with E-state index in [9.17, 15) is 14.0 Å². The fraction of sp³-hybridized carbons (Fsp3) is 0.308. The van der Waals surface area contributed by atoms with Crippen molar-refractivity contribution in [3.63, 3.8) is 0 Å². The van der Waals surface area contributed by atoms with E-state index < -0.39 is 0 Å². The number of rotatable bonds is 11. The van der Waals surface area contributed by atoms with Crippen molar-refractivity contribution < 1.29 is 18.7 Å². The Kier molecular flexibility index (Phi) is 9.61. The Bertz CT molecular complexity index is 1040. The number of nitrogens with one attached hydrogen (secondary N) is 1. The highest BCUT2D eigenvalue weighted by atomic mass is 32.1.